The van der Waals surface area contributed by atoms with Crippen LogP contribution in [0.4, 0.5) is 5.69 Å². The number of carbonyl (C=O) groups excluding carboxylic acids is 1. The van der Waals surface area contributed by atoms with Gasteiger partial charge in [0, 0.05) is 11.8 Å². The number of rotatable bonds is 4. The predicted octanol–water partition coefficient (Wildman–Crippen LogP) is 6.07. The highest BCUT2D eigenvalue weighted by Gasteiger charge is 2.13. The molecule has 0 bridgehead atoms. The SMILES string of the molecule is Cc1cccc(C(C)C)c1NC(=O)C=Cc1ccc(C(C)(C)C)cc1. The molecule has 0 aromatic heterocycles. The molecule has 1 amide bonds. The Balaban J connectivity index is 2.12. The Kier molecular flexibility index (Phi) is 5.84. The lowest BCUT2D eigenvalue weighted by Gasteiger charge is -2.18. The normalized spacial score (nSPS) is 12.0. The summed E-state index contributed by atoms with van der Waals surface area (Å²) in [6.07, 6.45) is 3.46. The molecule has 0 fully saturated rings. The van der Waals surface area contributed by atoms with E-state index in [1.54, 1.807) is 6.08 Å². The summed E-state index contributed by atoms with van der Waals surface area (Å²) < 4.78 is 0. The summed E-state index contributed by atoms with van der Waals surface area (Å²) in [5, 5.41) is 3.04. The largest absolute Gasteiger partial charge is 0.322 e. The summed E-state index contributed by atoms with van der Waals surface area (Å²) in [5.41, 5.74) is 5.62. The van der Waals surface area contributed by atoms with E-state index in [9.17, 15) is 4.79 Å². The summed E-state index contributed by atoms with van der Waals surface area (Å²) in [6.45, 7) is 12.9. The van der Waals surface area contributed by atoms with Gasteiger partial charge in [0.05, 0.1) is 0 Å². The number of benzene rings is 2. The zero-order valence-electron chi connectivity index (χ0n) is 16.2. The van der Waals surface area contributed by atoms with Crippen molar-refractivity contribution >= 4 is 17.7 Å². The van der Waals surface area contributed by atoms with Gasteiger partial charge in [0.1, 0.15) is 0 Å². The van der Waals surface area contributed by atoms with E-state index in [4.69, 9.17) is 0 Å². The Hall–Kier alpha value is -2.35. The van der Waals surface area contributed by atoms with Gasteiger partial charge in [0.2, 0.25) is 5.91 Å². The van der Waals surface area contributed by atoms with Crippen LogP contribution < -0.4 is 5.32 Å². The molecule has 2 heteroatoms. The quantitative estimate of drug-likeness (QED) is 0.675. The second-order valence-electron chi connectivity index (χ2n) is 7.89. The fourth-order valence-corrected chi connectivity index (χ4v) is 2.77. The first-order valence-corrected chi connectivity index (χ1v) is 8.87. The van der Waals surface area contributed by atoms with E-state index in [1.165, 1.54) is 5.56 Å². The highest BCUT2D eigenvalue weighted by atomic mass is 16.1. The monoisotopic (exact) mass is 335 g/mol. The van der Waals surface area contributed by atoms with Crippen LogP contribution in [0.25, 0.3) is 6.08 Å². The summed E-state index contributed by atoms with van der Waals surface area (Å²) in [5.74, 6) is 0.264. The van der Waals surface area contributed by atoms with Crippen LogP contribution in [0.3, 0.4) is 0 Å². The van der Waals surface area contributed by atoms with Gasteiger partial charge in [0.15, 0.2) is 0 Å². The lowest BCUT2D eigenvalue weighted by molar-refractivity contribution is -0.111. The van der Waals surface area contributed by atoms with Gasteiger partial charge in [-0.25, -0.2) is 0 Å². The van der Waals surface area contributed by atoms with Crippen LogP contribution in [-0.4, -0.2) is 5.91 Å². The molecule has 0 unspecified atom stereocenters. The molecule has 2 aromatic carbocycles. The molecule has 132 valence electrons. The van der Waals surface area contributed by atoms with E-state index >= 15 is 0 Å². The van der Waals surface area contributed by atoms with Crippen molar-refractivity contribution in [3.05, 3.63) is 70.8 Å². The third-order valence-electron chi connectivity index (χ3n) is 4.38. The van der Waals surface area contributed by atoms with Gasteiger partial charge in [-0.2, -0.15) is 0 Å². The van der Waals surface area contributed by atoms with Crippen LogP contribution in [0.5, 0.6) is 0 Å². The summed E-state index contributed by atoms with van der Waals surface area (Å²) in [4.78, 5) is 12.3. The standard InChI is InChI=1S/C23H29NO/c1-16(2)20-9-7-8-17(3)22(20)24-21(25)15-12-18-10-13-19(14-11-18)23(4,5)6/h7-16H,1-6H3,(H,24,25). The van der Waals surface area contributed by atoms with Crippen molar-refractivity contribution in [1.82, 2.24) is 0 Å². The third kappa shape index (κ3) is 5.06. The average Bonchev–Trinajstić information content (AvgIpc) is 2.54. The molecular weight excluding hydrogens is 306 g/mol. The van der Waals surface area contributed by atoms with Gasteiger partial charge in [-0.15, -0.1) is 0 Å². The van der Waals surface area contributed by atoms with Crippen molar-refractivity contribution < 1.29 is 4.79 Å². The topological polar surface area (TPSA) is 29.1 Å². The van der Waals surface area contributed by atoms with E-state index in [-0.39, 0.29) is 11.3 Å². The number of hydrogen-bond donors (Lipinski definition) is 1. The number of hydrogen-bond acceptors (Lipinski definition) is 1. The molecule has 0 saturated heterocycles. The van der Waals surface area contributed by atoms with Crippen molar-refractivity contribution in [2.75, 3.05) is 5.32 Å². The Morgan fingerprint density at radius 1 is 1.04 bits per heavy atom. The van der Waals surface area contributed by atoms with Gasteiger partial charge < -0.3 is 5.32 Å². The molecule has 2 nitrogen and oxygen atoms in total. The number of nitrogens with one attached hydrogen (secondary N) is 1. The summed E-state index contributed by atoms with van der Waals surface area (Å²) in [7, 11) is 0. The second kappa shape index (κ2) is 7.69. The minimum Gasteiger partial charge on any atom is -0.322 e. The van der Waals surface area contributed by atoms with Crippen LogP contribution in [0.15, 0.2) is 48.5 Å². The molecule has 2 aromatic rings. The number of amides is 1. The Morgan fingerprint density at radius 2 is 1.68 bits per heavy atom. The maximum absolute atomic E-state index is 12.3. The summed E-state index contributed by atoms with van der Waals surface area (Å²) in [6, 6.07) is 14.5. The van der Waals surface area contributed by atoms with Crippen molar-refractivity contribution in [2.45, 2.75) is 52.9 Å². The number of aryl methyl sites for hydroxylation is 1. The summed E-state index contributed by atoms with van der Waals surface area (Å²) >= 11 is 0. The van der Waals surface area contributed by atoms with E-state index < -0.39 is 0 Å². The Bertz CT molecular complexity index is 762. The lowest BCUT2D eigenvalue weighted by Crippen LogP contribution is -2.12. The molecule has 0 aliphatic rings. The number of carbonyl (C=O) groups is 1. The lowest BCUT2D eigenvalue weighted by atomic mass is 9.87. The van der Waals surface area contributed by atoms with Gasteiger partial charge in [0.25, 0.3) is 0 Å². The molecular formula is C23H29NO. The smallest absolute Gasteiger partial charge is 0.248 e. The highest BCUT2D eigenvalue weighted by molar-refractivity contribution is 6.02. The molecule has 0 heterocycles. The first kappa shape index (κ1) is 19.0. The van der Waals surface area contributed by atoms with E-state index in [0.717, 1.165) is 22.4 Å². The second-order valence-corrected chi connectivity index (χ2v) is 7.89. The van der Waals surface area contributed by atoms with Gasteiger partial charge >= 0.3 is 0 Å². The first-order chi connectivity index (χ1) is 11.7. The molecule has 0 spiro atoms. The number of anilines is 1. The third-order valence-corrected chi connectivity index (χ3v) is 4.38. The fourth-order valence-electron chi connectivity index (χ4n) is 2.77. The van der Waals surface area contributed by atoms with Crippen molar-refractivity contribution in [3.8, 4) is 0 Å². The molecule has 25 heavy (non-hydrogen) atoms. The molecule has 2 rings (SSSR count). The predicted molar refractivity (Wildman–Crippen MR) is 108 cm³/mol. The molecule has 0 radical (unpaired) electrons. The maximum Gasteiger partial charge on any atom is 0.248 e. The maximum atomic E-state index is 12.3. The minimum absolute atomic E-state index is 0.101. The van der Waals surface area contributed by atoms with Gasteiger partial charge in [-0.3, -0.25) is 4.79 Å². The van der Waals surface area contributed by atoms with Gasteiger partial charge in [-0.1, -0.05) is 77.1 Å². The highest BCUT2D eigenvalue weighted by Crippen LogP contribution is 2.27. The van der Waals surface area contributed by atoms with Crippen LogP contribution in [0.2, 0.25) is 0 Å². The Morgan fingerprint density at radius 3 is 2.24 bits per heavy atom. The zero-order valence-corrected chi connectivity index (χ0v) is 16.2. The average molecular weight is 335 g/mol. The Labute approximate surface area is 152 Å². The molecule has 1 N–H and O–H groups in total. The molecule has 0 atom stereocenters. The molecule has 0 aliphatic carbocycles. The van der Waals surface area contributed by atoms with E-state index in [1.807, 2.05) is 25.1 Å². The zero-order chi connectivity index (χ0) is 18.6. The van der Waals surface area contributed by atoms with Crippen molar-refractivity contribution in [1.29, 1.82) is 0 Å². The minimum atomic E-state index is -0.101. The fraction of sp³-hybridized carbons (Fsp3) is 0.348. The van der Waals surface area contributed by atoms with Crippen molar-refractivity contribution in [3.63, 3.8) is 0 Å². The van der Waals surface area contributed by atoms with Crippen LogP contribution in [0.1, 0.15) is 62.8 Å². The first-order valence-electron chi connectivity index (χ1n) is 8.87. The van der Waals surface area contributed by atoms with E-state index in [2.05, 4.69) is 70.3 Å². The van der Waals surface area contributed by atoms with E-state index in [0.29, 0.717) is 5.92 Å². The van der Waals surface area contributed by atoms with Crippen LogP contribution >= 0.6 is 0 Å². The molecule has 0 aliphatic heterocycles. The van der Waals surface area contributed by atoms with Crippen LogP contribution in [-0.2, 0) is 10.2 Å². The molecule has 0 saturated carbocycles. The van der Waals surface area contributed by atoms with Crippen LogP contribution in [0, 0.1) is 6.92 Å². The number of para-hydroxylation sites is 1. The van der Waals surface area contributed by atoms with Gasteiger partial charge in [-0.05, 0) is 46.6 Å². The van der Waals surface area contributed by atoms with Crippen molar-refractivity contribution in [2.24, 2.45) is 0 Å².